The molecule has 0 N–H and O–H groups in total. The van der Waals surface area contributed by atoms with Crippen LogP contribution >= 0.6 is 0 Å². The minimum Gasteiger partial charge on any atom is -0.0587 e. The quantitative estimate of drug-likeness (QED) is 0.626. The molecule has 1 aromatic carbocycles. The van der Waals surface area contributed by atoms with Crippen LogP contribution in [0.4, 0.5) is 0 Å². The molecule has 0 radical (unpaired) electrons. The summed E-state index contributed by atoms with van der Waals surface area (Å²) in [6.07, 6.45) is 2.57. The largest absolute Gasteiger partial charge is 0.0587 e. The standard InChI is InChI=1S/C18H28/c1-12(2)15-10-13(17(3,4)5)11-16-14(15)8-9-18(16,6)7/h10-12H,8-9H2,1-7H3. The van der Waals surface area contributed by atoms with Gasteiger partial charge in [-0.15, -0.1) is 0 Å². The topological polar surface area (TPSA) is 0 Å². The van der Waals surface area contributed by atoms with E-state index in [1.54, 1.807) is 16.7 Å². The summed E-state index contributed by atoms with van der Waals surface area (Å²) < 4.78 is 0. The van der Waals surface area contributed by atoms with Gasteiger partial charge in [0, 0.05) is 0 Å². The minimum atomic E-state index is 0.247. The van der Waals surface area contributed by atoms with E-state index < -0.39 is 0 Å². The highest BCUT2D eigenvalue weighted by Gasteiger charge is 2.33. The average Bonchev–Trinajstić information content (AvgIpc) is 2.52. The van der Waals surface area contributed by atoms with Crippen LogP contribution in [0.3, 0.4) is 0 Å². The van der Waals surface area contributed by atoms with Crippen molar-refractivity contribution in [3.05, 3.63) is 34.4 Å². The summed E-state index contributed by atoms with van der Waals surface area (Å²) in [4.78, 5) is 0. The number of hydrogen-bond donors (Lipinski definition) is 0. The Bertz CT molecular complexity index is 456. The molecule has 1 aliphatic carbocycles. The predicted octanol–water partition coefficient (Wildman–Crippen LogP) is 5.33. The Kier molecular flexibility index (Phi) is 3.12. The van der Waals surface area contributed by atoms with E-state index >= 15 is 0 Å². The first-order chi connectivity index (χ1) is 8.13. The molecule has 0 nitrogen and oxygen atoms in total. The number of hydrogen-bond acceptors (Lipinski definition) is 0. The highest BCUT2D eigenvalue weighted by Crippen LogP contribution is 2.43. The third-order valence-electron chi connectivity index (χ3n) is 4.50. The molecule has 0 aromatic heterocycles. The molecule has 0 aliphatic heterocycles. The highest BCUT2D eigenvalue weighted by molar-refractivity contribution is 5.49. The summed E-state index contributed by atoms with van der Waals surface area (Å²) in [6, 6.07) is 4.94. The van der Waals surface area contributed by atoms with Gasteiger partial charge < -0.3 is 0 Å². The number of fused-ring (bicyclic) bond motifs is 1. The second-order valence-corrected chi connectivity index (χ2v) is 7.88. The Morgan fingerprint density at radius 3 is 2.22 bits per heavy atom. The van der Waals surface area contributed by atoms with E-state index in [1.165, 1.54) is 18.4 Å². The van der Waals surface area contributed by atoms with E-state index in [2.05, 4.69) is 60.6 Å². The third kappa shape index (κ3) is 2.22. The second kappa shape index (κ2) is 4.11. The van der Waals surface area contributed by atoms with Crippen LogP contribution in [0.25, 0.3) is 0 Å². The van der Waals surface area contributed by atoms with E-state index in [4.69, 9.17) is 0 Å². The lowest BCUT2D eigenvalue weighted by molar-refractivity contribution is 0.519. The van der Waals surface area contributed by atoms with Crippen LogP contribution in [0, 0.1) is 0 Å². The Labute approximate surface area is 113 Å². The molecular formula is C18H28. The Morgan fingerprint density at radius 1 is 1.11 bits per heavy atom. The van der Waals surface area contributed by atoms with Crippen LogP contribution in [-0.4, -0.2) is 0 Å². The zero-order valence-electron chi connectivity index (χ0n) is 13.1. The molecule has 18 heavy (non-hydrogen) atoms. The average molecular weight is 244 g/mol. The summed E-state index contributed by atoms with van der Waals surface area (Å²) in [6.45, 7) is 16.4. The lowest BCUT2D eigenvalue weighted by Crippen LogP contribution is -2.17. The first-order valence-electron chi connectivity index (χ1n) is 7.31. The minimum absolute atomic E-state index is 0.247. The maximum Gasteiger partial charge on any atom is -0.00975 e. The molecule has 0 saturated carbocycles. The van der Waals surface area contributed by atoms with Crippen molar-refractivity contribution < 1.29 is 0 Å². The summed E-state index contributed by atoms with van der Waals surface area (Å²) in [5.41, 5.74) is 6.95. The van der Waals surface area contributed by atoms with E-state index in [0.29, 0.717) is 11.3 Å². The van der Waals surface area contributed by atoms with Crippen molar-refractivity contribution in [2.45, 2.75) is 78.1 Å². The fourth-order valence-electron chi connectivity index (χ4n) is 3.10. The summed E-state index contributed by atoms with van der Waals surface area (Å²) in [5.74, 6) is 0.634. The lowest BCUT2D eigenvalue weighted by atomic mass is 9.78. The van der Waals surface area contributed by atoms with Crippen molar-refractivity contribution in [2.75, 3.05) is 0 Å². The molecule has 1 aromatic rings. The maximum atomic E-state index is 2.48. The van der Waals surface area contributed by atoms with Crippen LogP contribution in [0.5, 0.6) is 0 Å². The van der Waals surface area contributed by atoms with Crippen molar-refractivity contribution in [1.82, 2.24) is 0 Å². The zero-order chi connectivity index (χ0) is 13.7. The van der Waals surface area contributed by atoms with Gasteiger partial charge in [0.15, 0.2) is 0 Å². The van der Waals surface area contributed by atoms with Gasteiger partial charge in [-0.2, -0.15) is 0 Å². The molecule has 0 saturated heterocycles. The molecule has 0 heteroatoms. The van der Waals surface area contributed by atoms with Crippen LogP contribution in [0.2, 0.25) is 0 Å². The van der Waals surface area contributed by atoms with Crippen LogP contribution < -0.4 is 0 Å². The fraction of sp³-hybridized carbons (Fsp3) is 0.667. The van der Waals surface area contributed by atoms with E-state index in [9.17, 15) is 0 Å². The summed E-state index contributed by atoms with van der Waals surface area (Å²) in [5, 5.41) is 0. The van der Waals surface area contributed by atoms with Crippen molar-refractivity contribution >= 4 is 0 Å². The van der Waals surface area contributed by atoms with Crippen molar-refractivity contribution in [2.24, 2.45) is 0 Å². The number of benzene rings is 1. The lowest BCUT2D eigenvalue weighted by Gasteiger charge is -2.27. The van der Waals surface area contributed by atoms with Crippen molar-refractivity contribution in [1.29, 1.82) is 0 Å². The van der Waals surface area contributed by atoms with Gasteiger partial charge in [-0.05, 0) is 51.8 Å². The van der Waals surface area contributed by atoms with Gasteiger partial charge in [0.1, 0.15) is 0 Å². The molecular weight excluding hydrogens is 216 g/mol. The van der Waals surface area contributed by atoms with Crippen molar-refractivity contribution in [3.63, 3.8) is 0 Å². The molecule has 0 fully saturated rings. The van der Waals surface area contributed by atoms with Gasteiger partial charge in [-0.1, -0.05) is 60.6 Å². The predicted molar refractivity (Wildman–Crippen MR) is 80.6 cm³/mol. The van der Waals surface area contributed by atoms with Crippen LogP contribution in [0.15, 0.2) is 12.1 Å². The van der Waals surface area contributed by atoms with Gasteiger partial charge in [0.25, 0.3) is 0 Å². The Balaban J connectivity index is 2.67. The molecule has 100 valence electrons. The van der Waals surface area contributed by atoms with Crippen molar-refractivity contribution in [3.8, 4) is 0 Å². The summed E-state index contributed by atoms with van der Waals surface area (Å²) in [7, 11) is 0. The molecule has 0 amide bonds. The van der Waals surface area contributed by atoms with Gasteiger partial charge in [-0.25, -0.2) is 0 Å². The second-order valence-electron chi connectivity index (χ2n) is 7.88. The van der Waals surface area contributed by atoms with Gasteiger partial charge in [-0.3, -0.25) is 0 Å². The summed E-state index contributed by atoms with van der Waals surface area (Å²) >= 11 is 0. The SMILES string of the molecule is CC(C)c1cc(C(C)(C)C)cc2c1CCC2(C)C. The van der Waals surface area contributed by atoms with Gasteiger partial charge >= 0.3 is 0 Å². The fourth-order valence-corrected chi connectivity index (χ4v) is 3.10. The molecule has 0 unspecified atom stereocenters. The monoisotopic (exact) mass is 244 g/mol. The first kappa shape index (κ1) is 13.6. The Morgan fingerprint density at radius 2 is 1.72 bits per heavy atom. The molecule has 1 aliphatic rings. The van der Waals surface area contributed by atoms with E-state index in [-0.39, 0.29) is 5.41 Å². The molecule has 0 atom stereocenters. The molecule has 0 heterocycles. The van der Waals surface area contributed by atoms with Crippen LogP contribution in [-0.2, 0) is 17.3 Å². The van der Waals surface area contributed by atoms with E-state index in [0.717, 1.165) is 0 Å². The third-order valence-corrected chi connectivity index (χ3v) is 4.50. The number of rotatable bonds is 1. The van der Waals surface area contributed by atoms with E-state index in [1.807, 2.05) is 0 Å². The van der Waals surface area contributed by atoms with Gasteiger partial charge in [0.2, 0.25) is 0 Å². The van der Waals surface area contributed by atoms with Crippen LogP contribution in [0.1, 0.15) is 83.1 Å². The highest BCUT2D eigenvalue weighted by atomic mass is 14.4. The zero-order valence-corrected chi connectivity index (χ0v) is 13.1. The molecule has 0 bridgehead atoms. The first-order valence-corrected chi connectivity index (χ1v) is 7.31. The van der Waals surface area contributed by atoms with Gasteiger partial charge in [0.05, 0.1) is 0 Å². The molecule has 0 spiro atoms. The normalized spacial score (nSPS) is 18.2. The smallest absolute Gasteiger partial charge is 0.00975 e. The Hall–Kier alpha value is -0.780. The maximum absolute atomic E-state index is 2.48. The molecule has 2 rings (SSSR count).